The standard InChI is InChI=1S/C22H29N.C2H6.H3N/c1-21(2)14-9-8-10-18(16-21)20-13-15-22(3,4)17-23(20)19-11-6-5-7-12-19;1-2;/h5-12,14,16,20H,13,15,17H2,1-4H3;1-2H3;1H3. The third-order valence-electron chi connectivity index (χ3n) is 5.01. The quantitative estimate of drug-likeness (QED) is 0.624. The Kier molecular flexibility index (Phi) is 7.89. The fraction of sp³-hybridized carbons (Fsp3) is 0.500. The van der Waals surface area contributed by atoms with Gasteiger partial charge in [0.25, 0.3) is 0 Å². The number of allylic oxidation sites excluding steroid dienone is 4. The molecule has 0 radical (unpaired) electrons. The Morgan fingerprint density at radius 1 is 0.962 bits per heavy atom. The van der Waals surface area contributed by atoms with Gasteiger partial charge in [0, 0.05) is 17.6 Å². The third-order valence-corrected chi connectivity index (χ3v) is 5.01. The molecule has 1 atom stereocenters. The monoisotopic (exact) mass is 354 g/mol. The van der Waals surface area contributed by atoms with Crippen LogP contribution in [0.5, 0.6) is 0 Å². The summed E-state index contributed by atoms with van der Waals surface area (Å²) in [6.07, 6.45) is 13.9. The number of piperidine rings is 1. The van der Waals surface area contributed by atoms with E-state index in [0.29, 0.717) is 11.5 Å². The van der Waals surface area contributed by atoms with Crippen LogP contribution in [0.1, 0.15) is 54.4 Å². The van der Waals surface area contributed by atoms with E-state index in [-0.39, 0.29) is 11.6 Å². The van der Waals surface area contributed by atoms with E-state index in [1.165, 1.54) is 24.1 Å². The summed E-state index contributed by atoms with van der Waals surface area (Å²) in [7, 11) is 0. The number of rotatable bonds is 2. The molecule has 1 heterocycles. The van der Waals surface area contributed by atoms with E-state index in [1.54, 1.807) is 0 Å². The molecule has 144 valence electrons. The summed E-state index contributed by atoms with van der Waals surface area (Å²) < 4.78 is 0. The summed E-state index contributed by atoms with van der Waals surface area (Å²) >= 11 is 0. The van der Waals surface area contributed by atoms with Gasteiger partial charge in [-0.05, 0) is 36.0 Å². The average molecular weight is 355 g/mol. The zero-order valence-electron chi connectivity index (χ0n) is 17.6. The van der Waals surface area contributed by atoms with Gasteiger partial charge in [-0.25, -0.2) is 0 Å². The number of nitrogens with zero attached hydrogens (tertiary/aromatic N) is 1. The minimum absolute atomic E-state index is 0. The first-order chi connectivity index (χ1) is 11.9. The molecule has 0 bridgehead atoms. The largest absolute Gasteiger partial charge is 0.364 e. The molecule has 0 spiro atoms. The molecule has 1 aliphatic carbocycles. The van der Waals surface area contributed by atoms with E-state index < -0.39 is 0 Å². The summed E-state index contributed by atoms with van der Waals surface area (Å²) in [5.41, 5.74) is 3.29. The highest BCUT2D eigenvalue weighted by Gasteiger charge is 2.35. The van der Waals surface area contributed by atoms with Gasteiger partial charge in [-0.3, -0.25) is 0 Å². The Labute approximate surface area is 161 Å². The van der Waals surface area contributed by atoms with Gasteiger partial charge in [-0.2, -0.15) is 0 Å². The van der Waals surface area contributed by atoms with Crippen LogP contribution in [-0.4, -0.2) is 12.6 Å². The average Bonchev–Trinajstić information content (AvgIpc) is 2.77. The summed E-state index contributed by atoms with van der Waals surface area (Å²) in [6, 6.07) is 11.4. The Hall–Kier alpha value is -1.80. The molecular weight excluding hydrogens is 316 g/mol. The molecule has 3 rings (SSSR count). The summed E-state index contributed by atoms with van der Waals surface area (Å²) in [5.74, 6) is 0. The van der Waals surface area contributed by atoms with Crippen molar-refractivity contribution in [2.75, 3.05) is 11.4 Å². The SMILES string of the molecule is CC.CC1(C)C=CC=CC(C2CCC(C)(C)CN2c2ccccc2)=C1.N. The molecule has 1 aliphatic heterocycles. The van der Waals surface area contributed by atoms with E-state index in [9.17, 15) is 0 Å². The zero-order chi connectivity index (χ0) is 18.5. The lowest BCUT2D eigenvalue weighted by atomic mass is 9.78. The highest BCUT2D eigenvalue weighted by Crippen LogP contribution is 2.39. The van der Waals surface area contributed by atoms with Crippen LogP contribution in [0.4, 0.5) is 5.69 Å². The Morgan fingerprint density at radius 3 is 2.27 bits per heavy atom. The molecule has 0 saturated carbocycles. The smallest absolute Gasteiger partial charge is 0.0540 e. The first kappa shape index (κ1) is 22.2. The van der Waals surface area contributed by atoms with Crippen molar-refractivity contribution in [2.24, 2.45) is 10.8 Å². The van der Waals surface area contributed by atoms with Crippen molar-refractivity contribution in [1.29, 1.82) is 0 Å². The lowest BCUT2D eigenvalue weighted by Gasteiger charge is -2.46. The second-order valence-corrected chi connectivity index (χ2v) is 8.37. The highest BCUT2D eigenvalue weighted by atomic mass is 15.2. The molecular formula is C24H38N2. The van der Waals surface area contributed by atoms with Crippen molar-refractivity contribution in [3.8, 4) is 0 Å². The summed E-state index contributed by atoms with van der Waals surface area (Å²) in [6.45, 7) is 14.5. The molecule has 1 fully saturated rings. The van der Waals surface area contributed by atoms with Crippen molar-refractivity contribution >= 4 is 5.69 Å². The molecule has 1 aromatic rings. The van der Waals surface area contributed by atoms with E-state index in [2.05, 4.69) is 93.3 Å². The second kappa shape index (κ2) is 9.23. The van der Waals surface area contributed by atoms with Crippen molar-refractivity contribution in [3.63, 3.8) is 0 Å². The van der Waals surface area contributed by atoms with Crippen molar-refractivity contribution in [1.82, 2.24) is 6.15 Å². The molecule has 1 aromatic carbocycles. The normalized spacial score (nSPS) is 23.1. The van der Waals surface area contributed by atoms with Crippen LogP contribution in [-0.2, 0) is 0 Å². The fourth-order valence-corrected chi connectivity index (χ4v) is 3.77. The predicted octanol–water partition coefficient (Wildman–Crippen LogP) is 6.95. The maximum Gasteiger partial charge on any atom is 0.0540 e. The molecule has 0 amide bonds. The van der Waals surface area contributed by atoms with E-state index >= 15 is 0 Å². The highest BCUT2D eigenvalue weighted by molar-refractivity contribution is 5.52. The maximum atomic E-state index is 2.61. The second-order valence-electron chi connectivity index (χ2n) is 8.37. The van der Waals surface area contributed by atoms with Gasteiger partial charge in [0.2, 0.25) is 0 Å². The van der Waals surface area contributed by atoms with Gasteiger partial charge < -0.3 is 11.1 Å². The van der Waals surface area contributed by atoms with Gasteiger partial charge in [0.05, 0.1) is 6.04 Å². The minimum Gasteiger partial charge on any atom is -0.364 e. The van der Waals surface area contributed by atoms with Gasteiger partial charge in [-0.1, -0.05) is 90.1 Å². The van der Waals surface area contributed by atoms with Crippen molar-refractivity contribution in [3.05, 3.63) is 66.3 Å². The molecule has 26 heavy (non-hydrogen) atoms. The Morgan fingerprint density at radius 2 is 1.62 bits per heavy atom. The van der Waals surface area contributed by atoms with Crippen LogP contribution in [0.3, 0.4) is 0 Å². The summed E-state index contributed by atoms with van der Waals surface area (Å²) in [5, 5.41) is 0. The predicted molar refractivity (Wildman–Crippen MR) is 117 cm³/mol. The summed E-state index contributed by atoms with van der Waals surface area (Å²) in [4.78, 5) is 2.61. The van der Waals surface area contributed by atoms with E-state index in [4.69, 9.17) is 0 Å². The molecule has 2 aliphatic rings. The van der Waals surface area contributed by atoms with Gasteiger partial charge in [0.1, 0.15) is 0 Å². The fourth-order valence-electron chi connectivity index (χ4n) is 3.77. The van der Waals surface area contributed by atoms with E-state index in [0.717, 1.165) is 6.54 Å². The Bertz CT molecular complexity index is 635. The van der Waals surface area contributed by atoms with Crippen LogP contribution in [0, 0.1) is 10.8 Å². The number of hydrogen-bond donors (Lipinski definition) is 1. The third kappa shape index (κ3) is 5.60. The van der Waals surface area contributed by atoms with Gasteiger partial charge in [-0.15, -0.1) is 0 Å². The first-order valence-electron chi connectivity index (χ1n) is 9.77. The number of benzene rings is 1. The van der Waals surface area contributed by atoms with Crippen LogP contribution in [0.25, 0.3) is 0 Å². The Balaban J connectivity index is 0.00000109. The topological polar surface area (TPSA) is 38.2 Å². The molecule has 1 unspecified atom stereocenters. The van der Waals surface area contributed by atoms with Crippen LogP contribution >= 0.6 is 0 Å². The molecule has 0 aromatic heterocycles. The molecule has 2 nitrogen and oxygen atoms in total. The number of hydrogen-bond acceptors (Lipinski definition) is 2. The van der Waals surface area contributed by atoms with Gasteiger partial charge >= 0.3 is 0 Å². The molecule has 3 N–H and O–H groups in total. The van der Waals surface area contributed by atoms with Gasteiger partial charge in [0.15, 0.2) is 0 Å². The van der Waals surface area contributed by atoms with Crippen molar-refractivity contribution in [2.45, 2.75) is 60.4 Å². The van der Waals surface area contributed by atoms with E-state index in [1.807, 2.05) is 13.8 Å². The number of para-hydroxylation sites is 1. The first-order valence-corrected chi connectivity index (χ1v) is 9.77. The van der Waals surface area contributed by atoms with Crippen molar-refractivity contribution < 1.29 is 0 Å². The lowest BCUT2D eigenvalue weighted by Crippen LogP contribution is -2.47. The van der Waals surface area contributed by atoms with Crippen LogP contribution in [0.2, 0.25) is 0 Å². The minimum atomic E-state index is 0. The van der Waals surface area contributed by atoms with Crippen LogP contribution in [0.15, 0.2) is 66.3 Å². The molecule has 1 saturated heterocycles. The zero-order valence-corrected chi connectivity index (χ0v) is 17.6. The number of anilines is 1. The molecule has 2 heteroatoms. The lowest BCUT2D eigenvalue weighted by molar-refractivity contribution is 0.269. The maximum absolute atomic E-state index is 2.61. The van der Waals surface area contributed by atoms with Crippen LogP contribution < -0.4 is 11.1 Å².